The summed E-state index contributed by atoms with van der Waals surface area (Å²) in [7, 11) is 0. The maximum atomic E-state index is 10.6. The Kier molecular flexibility index (Phi) is 8.51. The molecule has 0 radical (unpaired) electrons. The number of hydrogen-bond acceptors (Lipinski definition) is 5. The Hall–Kier alpha value is -1.11. The summed E-state index contributed by atoms with van der Waals surface area (Å²) in [4.78, 5) is 31.2. The zero-order valence-electron chi connectivity index (χ0n) is 9.30. The van der Waals surface area contributed by atoms with Crippen molar-refractivity contribution in [2.45, 2.75) is 0 Å². The van der Waals surface area contributed by atoms with Crippen molar-refractivity contribution < 1.29 is 24.0 Å². The van der Waals surface area contributed by atoms with Gasteiger partial charge < -0.3 is 19.7 Å². The standard InChI is InChI=1S/C10H19N2O4/c13-7-2-11-1-3-12(4-8-14,5-9-15)6-10-16/h7-9,11,16H,1-6,10H2/q+1. The first kappa shape index (κ1) is 14.9. The molecule has 0 saturated heterocycles. The molecule has 0 aromatic rings. The van der Waals surface area contributed by atoms with Crippen LogP contribution in [0.25, 0.3) is 0 Å². The Labute approximate surface area is 94.8 Å². The Balaban J connectivity index is 4.27. The predicted molar refractivity (Wildman–Crippen MR) is 57.9 cm³/mol. The van der Waals surface area contributed by atoms with Crippen molar-refractivity contribution in [1.29, 1.82) is 0 Å². The van der Waals surface area contributed by atoms with Gasteiger partial charge in [0.15, 0.2) is 12.6 Å². The van der Waals surface area contributed by atoms with Crippen LogP contribution in [0, 0.1) is 0 Å². The minimum Gasteiger partial charge on any atom is -0.391 e. The van der Waals surface area contributed by atoms with Gasteiger partial charge in [-0.15, -0.1) is 0 Å². The van der Waals surface area contributed by atoms with E-state index in [4.69, 9.17) is 5.11 Å². The minimum atomic E-state index is -0.0740. The molecule has 0 rings (SSSR count). The third-order valence-corrected chi connectivity index (χ3v) is 2.49. The molecule has 0 aliphatic heterocycles. The van der Waals surface area contributed by atoms with Gasteiger partial charge in [-0.3, -0.25) is 9.59 Å². The molecule has 16 heavy (non-hydrogen) atoms. The normalized spacial score (nSPS) is 11.1. The molecule has 0 spiro atoms. The van der Waals surface area contributed by atoms with Crippen molar-refractivity contribution in [3.05, 3.63) is 0 Å². The molecule has 0 bridgehead atoms. The molecule has 0 amide bonds. The molecule has 0 aliphatic carbocycles. The van der Waals surface area contributed by atoms with Crippen LogP contribution >= 0.6 is 0 Å². The van der Waals surface area contributed by atoms with Gasteiger partial charge in [0.05, 0.1) is 19.7 Å². The van der Waals surface area contributed by atoms with Gasteiger partial charge >= 0.3 is 0 Å². The third kappa shape index (κ3) is 5.69. The second-order valence-corrected chi connectivity index (χ2v) is 3.58. The number of carbonyl (C=O) groups is 3. The largest absolute Gasteiger partial charge is 0.391 e. The lowest BCUT2D eigenvalue weighted by Crippen LogP contribution is -2.55. The number of carbonyl (C=O) groups excluding carboxylic acids is 3. The van der Waals surface area contributed by atoms with Crippen molar-refractivity contribution in [2.24, 2.45) is 0 Å². The van der Waals surface area contributed by atoms with Crippen LogP contribution in [0.5, 0.6) is 0 Å². The highest BCUT2D eigenvalue weighted by Gasteiger charge is 2.25. The molecule has 92 valence electrons. The van der Waals surface area contributed by atoms with Crippen LogP contribution in [0.15, 0.2) is 0 Å². The Morgan fingerprint density at radius 3 is 2.06 bits per heavy atom. The van der Waals surface area contributed by atoms with Crippen molar-refractivity contribution in [1.82, 2.24) is 5.32 Å². The number of hydrogen-bond donors (Lipinski definition) is 2. The van der Waals surface area contributed by atoms with E-state index in [9.17, 15) is 14.4 Å². The third-order valence-electron chi connectivity index (χ3n) is 2.49. The summed E-state index contributed by atoms with van der Waals surface area (Å²) in [6.07, 6.45) is 2.25. The lowest BCUT2D eigenvalue weighted by Gasteiger charge is -2.34. The minimum absolute atomic E-state index is 0.0740. The van der Waals surface area contributed by atoms with Crippen molar-refractivity contribution in [3.63, 3.8) is 0 Å². The first-order valence-electron chi connectivity index (χ1n) is 5.22. The Morgan fingerprint density at radius 2 is 1.62 bits per heavy atom. The zero-order chi connectivity index (χ0) is 12.3. The van der Waals surface area contributed by atoms with E-state index < -0.39 is 0 Å². The van der Waals surface area contributed by atoms with Crippen LogP contribution in [0.3, 0.4) is 0 Å². The maximum Gasteiger partial charge on any atom is 0.174 e. The second kappa shape index (κ2) is 9.14. The van der Waals surface area contributed by atoms with Crippen LogP contribution in [0.2, 0.25) is 0 Å². The molecule has 6 nitrogen and oxygen atoms in total. The van der Waals surface area contributed by atoms with Crippen LogP contribution in [-0.2, 0) is 14.4 Å². The van der Waals surface area contributed by atoms with Crippen molar-refractivity contribution in [3.8, 4) is 0 Å². The molecule has 0 fully saturated rings. The van der Waals surface area contributed by atoms with E-state index >= 15 is 0 Å². The number of aliphatic hydroxyl groups excluding tert-OH is 1. The molecule has 0 atom stereocenters. The summed E-state index contributed by atoms with van der Waals surface area (Å²) >= 11 is 0. The van der Waals surface area contributed by atoms with Gasteiger partial charge in [-0.05, 0) is 0 Å². The number of quaternary nitrogens is 1. The quantitative estimate of drug-likeness (QED) is 0.244. The SMILES string of the molecule is O=CCNCC[N+](CC=O)(CC=O)CCO. The summed E-state index contributed by atoms with van der Waals surface area (Å²) in [5, 5.41) is 11.8. The van der Waals surface area contributed by atoms with Gasteiger partial charge in [-0.1, -0.05) is 0 Å². The average molecular weight is 231 g/mol. The average Bonchev–Trinajstić information content (AvgIpc) is 2.26. The fraction of sp³-hybridized carbons (Fsp3) is 0.700. The molecular weight excluding hydrogens is 212 g/mol. The number of nitrogens with one attached hydrogen (secondary N) is 1. The molecule has 0 heterocycles. The molecule has 0 unspecified atom stereocenters. The molecule has 6 heteroatoms. The van der Waals surface area contributed by atoms with E-state index in [1.165, 1.54) is 0 Å². The molecular formula is C10H19N2O4+. The summed E-state index contributed by atoms with van der Waals surface area (Å²) in [5.74, 6) is 0. The summed E-state index contributed by atoms with van der Waals surface area (Å²) in [6.45, 7) is 1.99. The van der Waals surface area contributed by atoms with Crippen molar-refractivity contribution in [2.75, 3.05) is 45.9 Å². The first-order chi connectivity index (χ1) is 7.74. The van der Waals surface area contributed by atoms with E-state index in [1.807, 2.05) is 0 Å². The highest BCUT2D eigenvalue weighted by molar-refractivity contribution is 5.53. The number of aldehydes is 3. The lowest BCUT2D eigenvalue weighted by molar-refractivity contribution is -0.911. The van der Waals surface area contributed by atoms with Crippen molar-refractivity contribution >= 4 is 18.9 Å². The van der Waals surface area contributed by atoms with Crippen LogP contribution < -0.4 is 5.32 Å². The number of aliphatic hydroxyl groups is 1. The number of nitrogens with zero attached hydrogens (tertiary/aromatic N) is 1. The predicted octanol–water partition coefficient (Wildman–Crippen LogP) is -2.02. The van der Waals surface area contributed by atoms with E-state index in [-0.39, 0.29) is 30.7 Å². The highest BCUT2D eigenvalue weighted by Crippen LogP contribution is 2.02. The maximum absolute atomic E-state index is 10.6. The summed E-state index contributed by atoms with van der Waals surface area (Å²) in [5.41, 5.74) is 0. The fourth-order valence-corrected chi connectivity index (χ4v) is 1.56. The number of rotatable bonds is 11. The van der Waals surface area contributed by atoms with Gasteiger partial charge in [0.1, 0.15) is 25.9 Å². The van der Waals surface area contributed by atoms with Gasteiger partial charge in [0.25, 0.3) is 0 Å². The summed E-state index contributed by atoms with van der Waals surface area (Å²) < 4.78 is 0.232. The zero-order valence-corrected chi connectivity index (χ0v) is 9.30. The Morgan fingerprint density at radius 1 is 1.00 bits per heavy atom. The Bertz CT molecular complexity index is 211. The van der Waals surface area contributed by atoms with Gasteiger partial charge in [-0.25, -0.2) is 0 Å². The van der Waals surface area contributed by atoms with Crippen LogP contribution in [0.1, 0.15) is 0 Å². The van der Waals surface area contributed by atoms with Gasteiger partial charge in [0, 0.05) is 6.54 Å². The molecule has 0 aromatic carbocycles. The van der Waals surface area contributed by atoms with E-state index in [1.54, 1.807) is 0 Å². The van der Waals surface area contributed by atoms with Crippen LogP contribution in [-0.4, -0.2) is 74.3 Å². The molecule has 2 N–H and O–H groups in total. The van der Waals surface area contributed by atoms with E-state index in [0.717, 1.165) is 18.9 Å². The molecule has 0 aromatic heterocycles. The van der Waals surface area contributed by atoms with Gasteiger partial charge in [0.2, 0.25) is 0 Å². The first-order valence-corrected chi connectivity index (χ1v) is 5.22. The smallest absolute Gasteiger partial charge is 0.174 e. The topological polar surface area (TPSA) is 83.5 Å². The lowest BCUT2D eigenvalue weighted by atomic mass is 10.3. The van der Waals surface area contributed by atoms with Gasteiger partial charge in [-0.2, -0.15) is 0 Å². The second-order valence-electron chi connectivity index (χ2n) is 3.58. The fourth-order valence-electron chi connectivity index (χ4n) is 1.56. The monoisotopic (exact) mass is 231 g/mol. The highest BCUT2D eigenvalue weighted by atomic mass is 16.3. The molecule has 0 aliphatic rings. The summed E-state index contributed by atoms with van der Waals surface area (Å²) in [6, 6.07) is 0. The molecule has 0 saturated carbocycles. The van der Waals surface area contributed by atoms with E-state index in [0.29, 0.717) is 19.6 Å². The van der Waals surface area contributed by atoms with Crippen LogP contribution in [0.4, 0.5) is 0 Å². The van der Waals surface area contributed by atoms with E-state index in [2.05, 4.69) is 5.32 Å².